The number of ether oxygens (including phenoxy) is 1. The Morgan fingerprint density at radius 3 is 3.10 bits per heavy atom. The van der Waals surface area contributed by atoms with Crippen molar-refractivity contribution >= 4 is 11.5 Å². The first-order valence-corrected chi connectivity index (χ1v) is 7.35. The highest BCUT2D eigenvalue weighted by atomic mass is 16.5. The number of piperidine rings is 1. The van der Waals surface area contributed by atoms with E-state index in [0.29, 0.717) is 24.1 Å². The summed E-state index contributed by atoms with van der Waals surface area (Å²) in [7, 11) is 0. The fourth-order valence-corrected chi connectivity index (χ4v) is 2.61. The van der Waals surface area contributed by atoms with Crippen LogP contribution in [0.25, 0.3) is 0 Å². The van der Waals surface area contributed by atoms with Crippen LogP contribution < -0.4 is 15.4 Å². The molecular formula is C14H24N4O2. The van der Waals surface area contributed by atoms with Crippen molar-refractivity contribution in [3.63, 3.8) is 0 Å². The van der Waals surface area contributed by atoms with Gasteiger partial charge in [-0.05, 0) is 31.6 Å². The summed E-state index contributed by atoms with van der Waals surface area (Å²) < 4.78 is 5.55. The SMILES string of the molecule is CCCOc1ncnc(N2CCCC(CCO)C2)c1N. The Balaban J connectivity index is 2.11. The van der Waals surface area contributed by atoms with E-state index in [9.17, 15) is 0 Å². The van der Waals surface area contributed by atoms with Crippen molar-refractivity contribution in [3.8, 4) is 5.88 Å². The van der Waals surface area contributed by atoms with Gasteiger partial charge in [-0.3, -0.25) is 0 Å². The van der Waals surface area contributed by atoms with Gasteiger partial charge in [0, 0.05) is 19.7 Å². The fraction of sp³-hybridized carbons (Fsp3) is 0.714. The highest BCUT2D eigenvalue weighted by Gasteiger charge is 2.23. The maximum absolute atomic E-state index is 9.08. The molecule has 20 heavy (non-hydrogen) atoms. The Bertz CT molecular complexity index is 426. The van der Waals surface area contributed by atoms with E-state index in [1.165, 1.54) is 6.33 Å². The Kier molecular flexibility index (Phi) is 5.40. The zero-order chi connectivity index (χ0) is 14.4. The van der Waals surface area contributed by atoms with Gasteiger partial charge in [0.2, 0.25) is 5.88 Å². The molecule has 1 aliphatic heterocycles. The first-order chi connectivity index (χ1) is 9.76. The summed E-state index contributed by atoms with van der Waals surface area (Å²) in [6.07, 6.45) is 5.51. The third-order valence-electron chi connectivity index (χ3n) is 3.63. The molecule has 0 spiro atoms. The van der Waals surface area contributed by atoms with E-state index >= 15 is 0 Å². The van der Waals surface area contributed by atoms with Gasteiger partial charge < -0.3 is 20.5 Å². The van der Waals surface area contributed by atoms with Crippen LogP contribution in [-0.2, 0) is 0 Å². The molecule has 1 atom stereocenters. The zero-order valence-electron chi connectivity index (χ0n) is 12.1. The van der Waals surface area contributed by atoms with E-state index < -0.39 is 0 Å². The Morgan fingerprint density at radius 1 is 1.50 bits per heavy atom. The number of nitrogen functional groups attached to an aromatic ring is 1. The van der Waals surface area contributed by atoms with E-state index in [1.54, 1.807) is 0 Å². The lowest BCUT2D eigenvalue weighted by Crippen LogP contribution is -2.36. The van der Waals surface area contributed by atoms with Gasteiger partial charge >= 0.3 is 0 Å². The molecule has 0 radical (unpaired) electrons. The van der Waals surface area contributed by atoms with Crippen LogP contribution in [0.2, 0.25) is 0 Å². The lowest BCUT2D eigenvalue weighted by Gasteiger charge is -2.34. The van der Waals surface area contributed by atoms with E-state index in [0.717, 1.165) is 44.6 Å². The van der Waals surface area contributed by atoms with Gasteiger partial charge in [-0.1, -0.05) is 6.92 Å². The van der Waals surface area contributed by atoms with Crippen LogP contribution in [0.1, 0.15) is 32.6 Å². The van der Waals surface area contributed by atoms with Crippen LogP contribution in [0.5, 0.6) is 5.88 Å². The molecule has 1 aromatic rings. The van der Waals surface area contributed by atoms with Crippen molar-refractivity contribution in [1.82, 2.24) is 9.97 Å². The average molecular weight is 280 g/mol. The molecule has 0 saturated carbocycles. The summed E-state index contributed by atoms with van der Waals surface area (Å²) in [5.41, 5.74) is 6.65. The Labute approximate surface area is 120 Å². The second kappa shape index (κ2) is 7.28. The van der Waals surface area contributed by atoms with Gasteiger partial charge in [0.1, 0.15) is 12.0 Å². The molecule has 2 heterocycles. The van der Waals surface area contributed by atoms with Gasteiger partial charge in [-0.15, -0.1) is 0 Å². The second-order valence-electron chi connectivity index (χ2n) is 5.23. The molecule has 3 N–H and O–H groups in total. The smallest absolute Gasteiger partial charge is 0.242 e. The van der Waals surface area contributed by atoms with Gasteiger partial charge in [0.25, 0.3) is 0 Å². The molecular weight excluding hydrogens is 256 g/mol. The normalized spacial score (nSPS) is 19.1. The summed E-state index contributed by atoms with van der Waals surface area (Å²) in [6.45, 7) is 4.71. The van der Waals surface area contributed by atoms with Gasteiger partial charge in [0.05, 0.1) is 6.61 Å². The van der Waals surface area contributed by atoms with Crippen molar-refractivity contribution in [2.45, 2.75) is 32.6 Å². The molecule has 2 rings (SSSR count). The molecule has 0 aromatic carbocycles. The largest absolute Gasteiger partial charge is 0.476 e. The first-order valence-electron chi connectivity index (χ1n) is 7.35. The summed E-state index contributed by atoms with van der Waals surface area (Å²) in [5, 5.41) is 9.08. The van der Waals surface area contributed by atoms with Crippen molar-refractivity contribution in [1.29, 1.82) is 0 Å². The minimum absolute atomic E-state index is 0.239. The minimum atomic E-state index is 0.239. The van der Waals surface area contributed by atoms with Gasteiger partial charge in [-0.2, -0.15) is 4.98 Å². The molecule has 0 aliphatic carbocycles. The maximum atomic E-state index is 9.08. The first kappa shape index (κ1) is 14.8. The zero-order valence-corrected chi connectivity index (χ0v) is 12.1. The molecule has 6 nitrogen and oxygen atoms in total. The van der Waals surface area contributed by atoms with Crippen molar-refractivity contribution in [3.05, 3.63) is 6.33 Å². The number of nitrogens with two attached hydrogens (primary N) is 1. The lowest BCUT2D eigenvalue weighted by molar-refractivity contribution is 0.244. The highest BCUT2D eigenvalue weighted by Crippen LogP contribution is 2.31. The van der Waals surface area contributed by atoms with Crippen molar-refractivity contribution in [2.24, 2.45) is 5.92 Å². The van der Waals surface area contributed by atoms with Crippen molar-refractivity contribution in [2.75, 3.05) is 36.9 Å². The quantitative estimate of drug-likeness (QED) is 0.820. The lowest BCUT2D eigenvalue weighted by atomic mass is 9.95. The Hall–Kier alpha value is -1.56. The second-order valence-corrected chi connectivity index (χ2v) is 5.23. The average Bonchev–Trinajstić information content (AvgIpc) is 2.47. The molecule has 0 bridgehead atoms. The van der Waals surface area contributed by atoms with Crippen LogP contribution in [0.4, 0.5) is 11.5 Å². The van der Waals surface area contributed by atoms with Gasteiger partial charge in [0.15, 0.2) is 5.82 Å². The Morgan fingerprint density at radius 2 is 2.35 bits per heavy atom. The number of aromatic nitrogens is 2. The molecule has 6 heteroatoms. The van der Waals surface area contributed by atoms with Crippen LogP contribution in [0, 0.1) is 5.92 Å². The van der Waals surface area contributed by atoms with Crippen LogP contribution in [-0.4, -0.2) is 41.4 Å². The van der Waals surface area contributed by atoms with E-state index in [4.69, 9.17) is 15.6 Å². The summed E-state index contributed by atoms with van der Waals surface area (Å²) >= 11 is 0. The van der Waals surface area contributed by atoms with E-state index in [-0.39, 0.29) is 6.61 Å². The number of anilines is 2. The number of nitrogens with zero attached hydrogens (tertiary/aromatic N) is 3. The standard InChI is InChI=1S/C14H24N4O2/c1-2-8-20-14-12(15)13(16-10-17-14)18-6-3-4-11(9-18)5-7-19/h10-11,19H,2-9,15H2,1H3. The van der Waals surface area contributed by atoms with Crippen LogP contribution in [0.15, 0.2) is 6.33 Å². The predicted molar refractivity (Wildman–Crippen MR) is 78.9 cm³/mol. The molecule has 112 valence electrons. The molecule has 0 amide bonds. The number of aliphatic hydroxyl groups excluding tert-OH is 1. The van der Waals surface area contributed by atoms with E-state index in [1.807, 2.05) is 6.92 Å². The third kappa shape index (κ3) is 3.50. The number of hydrogen-bond donors (Lipinski definition) is 2. The molecule has 1 aromatic heterocycles. The third-order valence-corrected chi connectivity index (χ3v) is 3.63. The molecule has 1 fully saturated rings. The topological polar surface area (TPSA) is 84.5 Å². The molecule has 1 saturated heterocycles. The molecule has 1 unspecified atom stereocenters. The van der Waals surface area contributed by atoms with E-state index in [2.05, 4.69) is 14.9 Å². The monoisotopic (exact) mass is 280 g/mol. The fourth-order valence-electron chi connectivity index (χ4n) is 2.61. The summed E-state index contributed by atoms with van der Waals surface area (Å²) in [4.78, 5) is 10.6. The maximum Gasteiger partial charge on any atom is 0.242 e. The predicted octanol–water partition coefficient (Wildman–Crippen LogP) is 1.45. The van der Waals surface area contributed by atoms with Crippen LogP contribution >= 0.6 is 0 Å². The summed E-state index contributed by atoms with van der Waals surface area (Å²) in [5.74, 6) is 1.73. The highest BCUT2D eigenvalue weighted by molar-refractivity contribution is 5.67. The number of hydrogen-bond acceptors (Lipinski definition) is 6. The molecule has 1 aliphatic rings. The summed E-state index contributed by atoms with van der Waals surface area (Å²) in [6, 6.07) is 0. The van der Waals surface area contributed by atoms with Crippen molar-refractivity contribution < 1.29 is 9.84 Å². The number of aliphatic hydroxyl groups is 1. The van der Waals surface area contributed by atoms with Crippen LogP contribution in [0.3, 0.4) is 0 Å². The minimum Gasteiger partial charge on any atom is -0.476 e. The van der Waals surface area contributed by atoms with Gasteiger partial charge in [-0.25, -0.2) is 4.98 Å². The number of rotatable bonds is 6.